The van der Waals surface area contributed by atoms with Gasteiger partial charge in [-0.25, -0.2) is 8.42 Å². The van der Waals surface area contributed by atoms with Crippen LogP contribution in [-0.2, 0) is 22.7 Å². The highest BCUT2D eigenvalue weighted by molar-refractivity contribution is 7.89. The number of benzene rings is 2. The molecule has 0 radical (unpaired) electrons. The Labute approximate surface area is 193 Å². The van der Waals surface area contributed by atoms with Gasteiger partial charge in [-0.2, -0.15) is 17.5 Å². The molecule has 2 aromatic rings. The molecule has 5 nitrogen and oxygen atoms in total. The van der Waals surface area contributed by atoms with Crippen molar-refractivity contribution in [3.05, 3.63) is 53.6 Å². The van der Waals surface area contributed by atoms with Crippen LogP contribution in [0.4, 0.5) is 18.9 Å². The molecule has 180 valence electrons. The molecule has 9 heteroatoms. The Morgan fingerprint density at radius 2 is 1.76 bits per heavy atom. The zero-order valence-electron chi connectivity index (χ0n) is 18.6. The second-order valence-electron chi connectivity index (χ2n) is 8.88. The number of hydrogen-bond acceptors (Lipinski definition) is 4. The van der Waals surface area contributed by atoms with Gasteiger partial charge in [-0.3, -0.25) is 0 Å². The van der Waals surface area contributed by atoms with E-state index in [2.05, 4.69) is 5.32 Å². The van der Waals surface area contributed by atoms with E-state index < -0.39 is 21.8 Å². The Hall–Kier alpha value is -2.26. The molecule has 1 saturated carbocycles. The second kappa shape index (κ2) is 9.54. The molecule has 0 amide bonds. The molecular formula is C24H29F3N2O3S. The van der Waals surface area contributed by atoms with Crippen molar-refractivity contribution in [2.24, 2.45) is 5.92 Å². The number of fused-ring (bicyclic) bond motifs is 1. The van der Waals surface area contributed by atoms with Crippen LogP contribution in [0.2, 0.25) is 0 Å². The number of alkyl halides is 3. The van der Waals surface area contributed by atoms with Gasteiger partial charge in [0.2, 0.25) is 10.0 Å². The van der Waals surface area contributed by atoms with Crippen molar-refractivity contribution in [2.45, 2.75) is 62.2 Å². The smallest absolute Gasteiger partial charge is 0.416 e. The zero-order valence-corrected chi connectivity index (χ0v) is 19.4. The largest absolute Gasteiger partial charge is 0.496 e. The molecule has 1 heterocycles. The number of ether oxygens (including phenoxy) is 1. The number of methoxy groups -OCH3 is 1. The first-order valence-electron chi connectivity index (χ1n) is 11.3. The van der Waals surface area contributed by atoms with Crippen molar-refractivity contribution in [3.63, 3.8) is 0 Å². The maximum Gasteiger partial charge on any atom is 0.416 e. The molecule has 1 N–H and O–H groups in total. The predicted molar refractivity (Wildman–Crippen MR) is 121 cm³/mol. The molecule has 1 fully saturated rings. The van der Waals surface area contributed by atoms with Gasteiger partial charge in [0, 0.05) is 30.4 Å². The minimum absolute atomic E-state index is 0.0790. The summed E-state index contributed by atoms with van der Waals surface area (Å²) in [5.41, 5.74) is 0.676. The van der Waals surface area contributed by atoms with Crippen molar-refractivity contribution < 1.29 is 26.3 Å². The summed E-state index contributed by atoms with van der Waals surface area (Å²) < 4.78 is 72.7. The van der Waals surface area contributed by atoms with Crippen molar-refractivity contribution in [1.29, 1.82) is 0 Å². The van der Waals surface area contributed by atoms with Crippen LogP contribution in [0.25, 0.3) is 0 Å². The van der Waals surface area contributed by atoms with Crippen LogP contribution in [0, 0.1) is 5.92 Å². The van der Waals surface area contributed by atoms with E-state index >= 15 is 0 Å². The molecule has 1 unspecified atom stereocenters. The number of halogens is 3. The molecule has 0 spiro atoms. The van der Waals surface area contributed by atoms with Gasteiger partial charge in [-0.15, -0.1) is 0 Å². The Morgan fingerprint density at radius 1 is 1.06 bits per heavy atom. The number of nitrogens with zero attached hydrogens (tertiary/aromatic N) is 1. The molecule has 1 aliphatic heterocycles. The van der Waals surface area contributed by atoms with Crippen LogP contribution in [0.15, 0.2) is 47.4 Å². The van der Waals surface area contributed by atoms with Gasteiger partial charge in [0.1, 0.15) is 5.75 Å². The highest BCUT2D eigenvalue weighted by Crippen LogP contribution is 2.36. The molecular weight excluding hydrogens is 453 g/mol. The number of nitrogens with one attached hydrogen (secondary N) is 1. The lowest BCUT2D eigenvalue weighted by molar-refractivity contribution is -0.137. The topological polar surface area (TPSA) is 58.6 Å². The fourth-order valence-corrected chi connectivity index (χ4v) is 6.31. The average Bonchev–Trinajstić information content (AvgIpc) is 3.23. The summed E-state index contributed by atoms with van der Waals surface area (Å²) in [6, 6.07) is 9.14. The quantitative estimate of drug-likeness (QED) is 0.577. The fraction of sp³-hybridized carbons (Fsp3) is 0.500. The third kappa shape index (κ3) is 5.30. The van der Waals surface area contributed by atoms with Gasteiger partial charge in [0.05, 0.1) is 17.6 Å². The van der Waals surface area contributed by atoms with E-state index in [1.165, 1.54) is 37.1 Å². The van der Waals surface area contributed by atoms with E-state index in [1.807, 2.05) is 12.1 Å². The Kier molecular flexibility index (Phi) is 6.91. The van der Waals surface area contributed by atoms with Crippen molar-refractivity contribution in [1.82, 2.24) is 4.31 Å². The highest BCUT2D eigenvalue weighted by Gasteiger charge is 2.34. The van der Waals surface area contributed by atoms with E-state index in [0.717, 1.165) is 48.4 Å². The minimum Gasteiger partial charge on any atom is -0.496 e. The van der Waals surface area contributed by atoms with Crippen LogP contribution in [-0.4, -0.2) is 32.4 Å². The summed E-state index contributed by atoms with van der Waals surface area (Å²) in [5.74, 6) is 1.24. The van der Waals surface area contributed by atoms with E-state index in [-0.39, 0.29) is 24.0 Å². The van der Waals surface area contributed by atoms with Gasteiger partial charge in [-0.05, 0) is 55.2 Å². The second-order valence-corrected chi connectivity index (χ2v) is 10.8. The van der Waals surface area contributed by atoms with Crippen LogP contribution >= 0.6 is 0 Å². The number of hydrogen-bond donors (Lipinski definition) is 1. The number of anilines is 1. The molecule has 0 bridgehead atoms. The van der Waals surface area contributed by atoms with Gasteiger partial charge in [0.25, 0.3) is 0 Å². The lowest BCUT2D eigenvalue weighted by Gasteiger charge is -2.25. The van der Waals surface area contributed by atoms with E-state index in [0.29, 0.717) is 11.7 Å². The summed E-state index contributed by atoms with van der Waals surface area (Å²) >= 11 is 0. The highest BCUT2D eigenvalue weighted by atomic mass is 32.2. The monoisotopic (exact) mass is 482 g/mol. The lowest BCUT2D eigenvalue weighted by Crippen LogP contribution is -2.38. The Morgan fingerprint density at radius 3 is 2.39 bits per heavy atom. The van der Waals surface area contributed by atoms with Crippen LogP contribution < -0.4 is 10.1 Å². The molecule has 1 aliphatic carbocycles. The lowest BCUT2D eigenvalue weighted by atomic mass is 9.98. The average molecular weight is 483 g/mol. The molecule has 0 saturated heterocycles. The number of sulfonamides is 1. The summed E-state index contributed by atoms with van der Waals surface area (Å²) in [4.78, 5) is -0.150. The third-order valence-corrected chi connectivity index (χ3v) is 8.51. The zero-order chi connectivity index (χ0) is 23.6. The first-order chi connectivity index (χ1) is 15.7. The first kappa shape index (κ1) is 23.9. The maximum atomic E-state index is 13.5. The standard InChI is InChI=1S/C24H29F3N2O3S/c1-32-23-8-4-7-22-21(23)16-29(15-19(28-22)12-9-17-5-2-3-6-17)33(30,31)20-13-10-18(11-14-20)24(25,26)27/h4,7-8,10-11,13-14,17,19,28H,2-3,5-6,9,12,15-16H2,1H3. The minimum atomic E-state index is -4.52. The van der Waals surface area contributed by atoms with E-state index in [1.54, 1.807) is 6.07 Å². The molecule has 33 heavy (non-hydrogen) atoms. The van der Waals surface area contributed by atoms with Crippen LogP contribution in [0.3, 0.4) is 0 Å². The van der Waals surface area contributed by atoms with Gasteiger partial charge >= 0.3 is 6.18 Å². The normalized spacial score (nSPS) is 20.2. The fourth-order valence-electron chi connectivity index (χ4n) is 4.85. The summed E-state index contributed by atoms with van der Waals surface area (Å²) in [6.07, 6.45) is 2.24. The van der Waals surface area contributed by atoms with Crippen molar-refractivity contribution >= 4 is 15.7 Å². The SMILES string of the molecule is COc1cccc2c1CN(S(=O)(=O)c1ccc(C(F)(F)F)cc1)CC(CCC1CCCC1)N2. The predicted octanol–water partition coefficient (Wildman–Crippen LogP) is 5.67. The molecule has 4 rings (SSSR count). The third-order valence-electron chi connectivity index (χ3n) is 6.69. The first-order valence-corrected chi connectivity index (χ1v) is 12.7. The molecule has 1 atom stereocenters. The van der Waals surface area contributed by atoms with Gasteiger partial charge in [0.15, 0.2) is 0 Å². The van der Waals surface area contributed by atoms with Crippen LogP contribution in [0.5, 0.6) is 5.75 Å². The molecule has 2 aliphatic rings. The van der Waals surface area contributed by atoms with Gasteiger partial charge < -0.3 is 10.1 Å². The Bertz CT molecular complexity index is 1070. The summed E-state index contributed by atoms with van der Waals surface area (Å²) in [5, 5.41) is 3.51. The van der Waals surface area contributed by atoms with Gasteiger partial charge in [-0.1, -0.05) is 31.7 Å². The Balaban J connectivity index is 1.64. The van der Waals surface area contributed by atoms with E-state index in [4.69, 9.17) is 4.74 Å². The number of rotatable bonds is 6. The van der Waals surface area contributed by atoms with E-state index in [9.17, 15) is 21.6 Å². The summed E-state index contributed by atoms with van der Waals surface area (Å²) in [6.45, 7) is 0.309. The van der Waals surface area contributed by atoms with Crippen molar-refractivity contribution in [2.75, 3.05) is 19.0 Å². The van der Waals surface area contributed by atoms with Crippen molar-refractivity contribution in [3.8, 4) is 5.75 Å². The van der Waals surface area contributed by atoms with Crippen LogP contribution in [0.1, 0.15) is 49.7 Å². The molecule has 2 aromatic carbocycles. The maximum absolute atomic E-state index is 13.5. The summed E-state index contributed by atoms with van der Waals surface area (Å²) in [7, 11) is -2.48. The molecule has 0 aromatic heterocycles.